The predicted octanol–water partition coefficient (Wildman–Crippen LogP) is 3.84. The number of nitrogens with two attached hydrogens (primary N) is 1. The maximum absolute atomic E-state index is 14.0. The number of hydrogen-bond acceptors (Lipinski definition) is 4. The number of nitrogens with one attached hydrogen (secondary N) is 1. The molecule has 0 bridgehead atoms. The normalized spacial score (nSPS) is 10.5. The Balaban J connectivity index is 2.00. The largest absolute Gasteiger partial charge is 0.495 e. The van der Waals surface area contributed by atoms with E-state index in [2.05, 4.69) is 5.32 Å². The Bertz CT molecular complexity index is 1100. The van der Waals surface area contributed by atoms with Gasteiger partial charge in [-0.2, -0.15) is 0 Å². The van der Waals surface area contributed by atoms with Crippen LogP contribution >= 0.6 is 0 Å². The number of carbonyl (C=O) groups is 2. The lowest BCUT2D eigenvalue weighted by atomic mass is 9.98. The van der Waals surface area contributed by atoms with Crippen molar-refractivity contribution in [3.8, 4) is 16.9 Å². The molecule has 4 N–H and O–H groups in total. The number of hydrogen-bond donors (Lipinski definition) is 3. The Hall–Kier alpha value is -3.71. The number of carbonyl (C=O) groups excluding carboxylic acids is 1. The van der Waals surface area contributed by atoms with Gasteiger partial charge in [0, 0.05) is 17.8 Å². The smallest absolute Gasteiger partial charge is 0.307 e. The zero-order valence-corrected chi connectivity index (χ0v) is 16.3. The number of ether oxygens (including phenoxy) is 1. The average molecular weight is 408 g/mol. The lowest BCUT2D eigenvalue weighted by Crippen LogP contribution is -2.15. The van der Waals surface area contributed by atoms with Gasteiger partial charge in [0.05, 0.1) is 19.1 Å². The lowest BCUT2D eigenvalue weighted by Gasteiger charge is -2.15. The summed E-state index contributed by atoms with van der Waals surface area (Å²) in [6.45, 7) is 0.174. The molecule has 30 heavy (non-hydrogen) atoms. The zero-order chi connectivity index (χ0) is 21.7. The molecule has 1 amide bonds. The highest BCUT2D eigenvalue weighted by Crippen LogP contribution is 2.34. The predicted molar refractivity (Wildman–Crippen MR) is 112 cm³/mol. The number of carboxylic acid groups (broad SMARTS) is 1. The summed E-state index contributed by atoms with van der Waals surface area (Å²) in [6.07, 6.45) is -0.223. The highest BCUT2D eigenvalue weighted by molar-refractivity contribution is 6.08. The van der Waals surface area contributed by atoms with Crippen LogP contribution in [0.5, 0.6) is 5.75 Å². The van der Waals surface area contributed by atoms with Gasteiger partial charge < -0.3 is 20.9 Å². The van der Waals surface area contributed by atoms with Gasteiger partial charge in [0.15, 0.2) is 0 Å². The van der Waals surface area contributed by atoms with Gasteiger partial charge in [-0.3, -0.25) is 9.59 Å². The molecule has 3 rings (SSSR count). The summed E-state index contributed by atoms with van der Waals surface area (Å²) in [7, 11) is 1.43. The number of benzene rings is 3. The second-order valence-corrected chi connectivity index (χ2v) is 6.62. The summed E-state index contributed by atoms with van der Waals surface area (Å²) in [5.41, 5.74) is 8.45. The molecule has 0 saturated carbocycles. The van der Waals surface area contributed by atoms with E-state index >= 15 is 0 Å². The maximum atomic E-state index is 14.0. The van der Waals surface area contributed by atoms with E-state index in [0.29, 0.717) is 27.9 Å². The Morgan fingerprint density at radius 2 is 1.87 bits per heavy atom. The number of carboxylic acids is 1. The number of anilines is 1. The maximum Gasteiger partial charge on any atom is 0.307 e. The average Bonchev–Trinajstić information content (AvgIpc) is 2.73. The van der Waals surface area contributed by atoms with Crippen LogP contribution in [0.4, 0.5) is 10.1 Å². The molecule has 7 heteroatoms. The summed E-state index contributed by atoms with van der Waals surface area (Å²) in [5.74, 6) is -1.63. The van der Waals surface area contributed by atoms with Gasteiger partial charge in [-0.25, -0.2) is 4.39 Å². The fourth-order valence-electron chi connectivity index (χ4n) is 3.24. The van der Waals surface area contributed by atoms with E-state index in [1.54, 1.807) is 48.5 Å². The highest BCUT2D eigenvalue weighted by atomic mass is 19.1. The molecule has 154 valence electrons. The van der Waals surface area contributed by atoms with Crippen LogP contribution in [0.15, 0.2) is 60.7 Å². The minimum absolute atomic E-state index is 0.174. The summed E-state index contributed by atoms with van der Waals surface area (Å²) in [5, 5.41) is 11.8. The number of methoxy groups -OCH3 is 1. The van der Waals surface area contributed by atoms with Crippen molar-refractivity contribution in [2.45, 2.75) is 13.0 Å². The molecule has 0 fully saturated rings. The molecular formula is C23H21FN2O4. The third kappa shape index (κ3) is 4.64. The summed E-state index contributed by atoms with van der Waals surface area (Å²) < 4.78 is 19.5. The Labute approximate surface area is 173 Å². The van der Waals surface area contributed by atoms with E-state index in [-0.39, 0.29) is 24.3 Å². The van der Waals surface area contributed by atoms with Crippen LogP contribution < -0.4 is 15.8 Å². The molecule has 0 saturated heterocycles. The third-order valence-electron chi connectivity index (χ3n) is 4.58. The van der Waals surface area contributed by atoms with E-state index in [1.165, 1.54) is 19.2 Å². The molecule has 0 heterocycles. The molecule has 0 radical (unpaired) electrons. The monoisotopic (exact) mass is 408 g/mol. The van der Waals surface area contributed by atoms with Crippen LogP contribution in [0.25, 0.3) is 11.1 Å². The molecule has 0 spiro atoms. The van der Waals surface area contributed by atoms with Crippen molar-refractivity contribution in [3.05, 3.63) is 83.2 Å². The number of amides is 1. The molecule has 0 aliphatic heterocycles. The quantitative estimate of drug-likeness (QED) is 0.551. The molecule has 0 aliphatic rings. The second-order valence-electron chi connectivity index (χ2n) is 6.62. The summed E-state index contributed by atoms with van der Waals surface area (Å²) in [6, 6.07) is 16.1. The van der Waals surface area contributed by atoms with Crippen molar-refractivity contribution in [2.75, 3.05) is 12.4 Å². The topological polar surface area (TPSA) is 102 Å². The molecular weight excluding hydrogens is 387 g/mol. The van der Waals surface area contributed by atoms with Gasteiger partial charge in [0.2, 0.25) is 0 Å². The zero-order valence-electron chi connectivity index (χ0n) is 16.3. The highest BCUT2D eigenvalue weighted by Gasteiger charge is 2.19. The van der Waals surface area contributed by atoms with Crippen molar-refractivity contribution in [1.29, 1.82) is 0 Å². The van der Waals surface area contributed by atoms with Crippen LogP contribution in [0.2, 0.25) is 0 Å². The van der Waals surface area contributed by atoms with E-state index in [9.17, 15) is 14.0 Å². The standard InChI is InChI=1S/C23H21FN2O4/c1-30-22-18(16-9-14(13-25)10-17(24)11-16)6-4-7-19(22)23(29)26-20-8-3-2-5-15(20)12-21(27)28/h2-11H,12-13,25H2,1H3,(H,26,29)(H,27,28). The number of rotatable bonds is 7. The first-order valence-corrected chi connectivity index (χ1v) is 9.21. The van der Waals surface area contributed by atoms with Gasteiger partial charge in [-0.15, -0.1) is 0 Å². The van der Waals surface area contributed by atoms with Gasteiger partial charge >= 0.3 is 5.97 Å². The minimum Gasteiger partial charge on any atom is -0.495 e. The van der Waals surface area contributed by atoms with E-state index in [4.69, 9.17) is 15.6 Å². The van der Waals surface area contributed by atoms with Crippen LogP contribution in [-0.2, 0) is 17.8 Å². The van der Waals surface area contributed by atoms with Crippen molar-refractivity contribution in [3.63, 3.8) is 0 Å². The fraction of sp³-hybridized carbons (Fsp3) is 0.130. The Morgan fingerprint density at radius 3 is 2.57 bits per heavy atom. The SMILES string of the molecule is COc1c(C(=O)Nc2ccccc2CC(=O)O)cccc1-c1cc(F)cc(CN)c1. The van der Waals surface area contributed by atoms with Gasteiger partial charge in [0.1, 0.15) is 11.6 Å². The Morgan fingerprint density at radius 1 is 1.10 bits per heavy atom. The second kappa shape index (κ2) is 9.19. The first-order valence-electron chi connectivity index (χ1n) is 9.21. The van der Waals surface area contributed by atoms with Crippen LogP contribution in [0, 0.1) is 5.82 Å². The third-order valence-corrected chi connectivity index (χ3v) is 4.58. The number of halogens is 1. The Kier molecular flexibility index (Phi) is 6.44. The van der Waals surface area contributed by atoms with E-state index in [0.717, 1.165) is 0 Å². The van der Waals surface area contributed by atoms with Gasteiger partial charge in [-0.05, 0) is 47.0 Å². The van der Waals surface area contributed by atoms with Crippen LogP contribution in [0.1, 0.15) is 21.5 Å². The molecule has 3 aromatic rings. The van der Waals surface area contributed by atoms with E-state index < -0.39 is 17.7 Å². The molecule has 3 aromatic carbocycles. The molecule has 0 aliphatic carbocycles. The van der Waals surface area contributed by atoms with Crippen LogP contribution in [-0.4, -0.2) is 24.1 Å². The van der Waals surface area contributed by atoms with Crippen LogP contribution in [0.3, 0.4) is 0 Å². The molecule has 0 atom stereocenters. The summed E-state index contributed by atoms with van der Waals surface area (Å²) >= 11 is 0. The molecule has 6 nitrogen and oxygen atoms in total. The molecule has 0 aromatic heterocycles. The van der Waals surface area contributed by atoms with Crippen molar-refractivity contribution >= 4 is 17.6 Å². The fourth-order valence-corrected chi connectivity index (χ4v) is 3.24. The minimum atomic E-state index is -1.00. The van der Waals surface area contributed by atoms with Gasteiger partial charge in [-0.1, -0.05) is 30.3 Å². The van der Waals surface area contributed by atoms with Crippen molar-refractivity contribution in [2.24, 2.45) is 5.73 Å². The van der Waals surface area contributed by atoms with Gasteiger partial charge in [0.25, 0.3) is 5.91 Å². The lowest BCUT2D eigenvalue weighted by molar-refractivity contribution is -0.136. The summed E-state index contributed by atoms with van der Waals surface area (Å²) in [4.78, 5) is 24.1. The first-order chi connectivity index (χ1) is 14.4. The van der Waals surface area contributed by atoms with Crippen molar-refractivity contribution < 1.29 is 23.8 Å². The first kappa shape index (κ1) is 21.0. The van der Waals surface area contributed by atoms with E-state index in [1.807, 2.05) is 0 Å². The number of aliphatic carboxylic acids is 1. The number of para-hydroxylation sites is 2. The van der Waals surface area contributed by atoms with Crippen molar-refractivity contribution in [1.82, 2.24) is 0 Å². The molecule has 0 unspecified atom stereocenters.